The van der Waals surface area contributed by atoms with Gasteiger partial charge < -0.3 is 9.84 Å². The fourth-order valence-corrected chi connectivity index (χ4v) is 1.66. The number of rotatable bonds is 4. The minimum absolute atomic E-state index is 0.00898. The van der Waals surface area contributed by atoms with Crippen LogP contribution in [0, 0.1) is 17.0 Å². The van der Waals surface area contributed by atoms with E-state index in [1.807, 2.05) is 0 Å². The number of aromatic carboxylic acids is 1. The molecule has 0 radical (unpaired) electrons. The highest BCUT2D eigenvalue weighted by atomic mass is 16.6. The van der Waals surface area contributed by atoms with Crippen molar-refractivity contribution in [1.82, 2.24) is 4.98 Å². The van der Waals surface area contributed by atoms with Gasteiger partial charge in [0, 0.05) is 17.8 Å². The Morgan fingerprint density at radius 3 is 2.80 bits per heavy atom. The summed E-state index contributed by atoms with van der Waals surface area (Å²) in [5.41, 5.74) is 0.266. The highest BCUT2D eigenvalue weighted by molar-refractivity contribution is 5.87. The number of aromatic nitrogens is 1. The number of para-hydroxylation sites is 1. The summed E-state index contributed by atoms with van der Waals surface area (Å²) in [5, 5.41) is 19.9. The Kier molecular flexibility index (Phi) is 3.60. The summed E-state index contributed by atoms with van der Waals surface area (Å²) < 4.78 is 5.33. The highest BCUT2D eigenvalue weighted by Gasteiger charge is 2.19. The minimum atomic E-state index is -1.13. The Morgan fingerprint density at radius 2 is 2.15 bits per heavy atom. The van der Waals surface area contributed by atoms with Crippen molar-refractivity contribution >= 4 is 11.7 Å². The van der Waals surface area contributed by atoms with Crippen LogP contribution in [-0.4, -0.2) is 21.0 Å². The maximum absolute atomic E-state index is 11.0. The van der Waals surface area contributed by atoms with E-state index in [2.05, 4.69) is 4.98 Å². The molecule has 1 heterocycles. The van der Waals surface area contributed by atoms with Crippen LogP contribution in [0.2, 0.25) is 0 Å². The highest BCUT2D eigenvalue weighted by Crippen LogP contribution is 2.33. The molecule has 0 saturated heterocycles. The van der Waals surface area contributed by atoms with E-state index >= 15 is 0 Å². The Balaban J connectivity index is 2.40. The normalized spacial score (nSPS) is 10.1. The molecule has 0 fully saturated rings. The third-order valence-corrected chi connectivity index (χ3v) is 2.58. The van der Waals surface area contributed by atoms with Gasteiger partial charge in [0.05, 0.1) is 10.5 Å². The van der Waals surface area contributed by atoms with E-state index in [-0.39, 0.29) is 22.9 Å². The summed E-state index contributed by atoms with van der Waals surface area (Å²) in [6, 6.07) is 7.14. The molecular weight excluding hydrogens is 264 g/mol. The lowest BCUT2D eigenvalue weighted by Gasteiger charge is -2.07. The zero-order valence-electron chi connectivity index (χ0n) is 10.4. The van der Waals surface area contributed by atoms with Gasteiger partial charge in [0.2, 0.25) is 11.6 Å². The molecule has 0 aliphatic heterocycles. The minimum Gasteiger partial charge on any atom is -0.478 e. The molecule has 0 unspecified atom stereocenters. The second kappa shape index (κ2) is 5.35. The van der Waals surface area contributed by atoms with Crippen molar-refractivity contribution in [2.24, 2.45) is 0 Å². The van der Waals surface area contributed by atoms with Crippen LogP contribution in [0.4, 0.5) is 5.69 Å². The lowest BCUT2D eigenvalue weighted by atomic mass is 10.2. The van der Waals surface area contributed by atoms with Crippen LogP contribution >= 0.6 is 0 Å². The Morgan fingerprint density at radius 1 is 1.40 bits per heavy atom. The van der Waals surface area contributed by atoms with E-state index in [9.17, 15) is 14.9 Å². The number of hydrogen-bond donors (Lipinski definition) is 1. The average Bonchev–Trinajstić information content (AvgIpc) is 2.38. The van der Waals surface area contributed by atoms with E-state index in [0.717, 1.165) is 0 Å². The molecule has 0 aliphatic rings. The van der Waals surface area contributed by atoms with Crippen molar-refractivity contribution in [3.05, 3.63) is 57.8 Å². The van der Waals surface area contributed by atoms with Gasteiger partial charge in [-0.25, -0.2) is 9.78 Å². The number of nitro groups is 1. The number of aryl methyl sites for hydroxylation is 1. The second-order valence-electron chi connectivity index (χ2n) is 3.97. The monoisotopic (exact) mass is 274 g/mol. The molecule has 1 N–H and O–H groups in total. The number of pyridine rings is 1. The number of carbonyl (C=O) groups is 1. The van der Waals surface area contributed by atoms with Gasteiger partial charge in [-0.2, -0.15) is 0 Å². The van der Waals surface area contributed by atoms with Crippen molar-refractivity contribution in [1.29, 1.82) is 0 Å². The van der Waals surface area contributed by atoms with Crippen molar-refractivity contribution in [2.75, 3.05) is 0 Å². The van der Waals surface area contributed by atoms with Gasteiger partial charge in [-0.1, -0.05) is 12.1 Å². The third-order valence-electron chi connectivity index (χ3n) is 2.58. The molecule has 1 aromatic heterocycles. The smallest absolute Gasteiger partial charge is 0.335 e. The lowest BCUT2D eigenvalue weighted by Crippen LogP contribution is -1.99. The lowest BCUT2D eigenvalue weighted by molar-refractivity contribution is -0.386. The van der Waals surface area contributed by atoms with Crippen LogP contribution in [0.5, 0.6) is 11.6 Å². The molecule has 0 spiro atoms. The van der Waals surface area contributed by atoms with E-state index in [4.69, 9.17) is 9.84 Å². The van der Waals surface area contributed by atoms with E-state index in [1.54, 1.807) is 19.1 Å². The summed E-state index contributed by atoms with van der Waals surface area (Å²) in [6.45, 7) is 1.59. The molecule has 0 aliphatic carbocycles. The van der Waals surface area contributed by atoms with Gasteiger partial charge in [0.15, 0.2) is 0 Å². The first-order valence-corrected chi connectivity index (χ1v) is 5.60. The molecule has 0 bridgehead atoms. The number of hydrogen-bond acceptors (Lipinski definition) is 5. The van der Waals surface area contributed by atoms with Gasteiger partial charge in [-0.05, 0) is 19.1 Å². The summed E-state index contributed by atoms with van der Waals surface area (Å²) in [5.74, 6) is -1.13. The number of carboxylic acid groups (broad SMARTS) is 1. The fraction of sp³-hybridized carbons (Fsp3) is 0.0769. The zero-order valence-corrected chi connectivity index (χ0v) is 10.4. The number of nitrogens with zero attached hydrogens (tertiary/aromatic N) is 2. The van der Waals surface area contributed by atoms with E-state index in [1.165, 1.54) is 24.4 Å². The van der Waals surface area contributed by atoms with E-state index < -0.39 is 10.9 Å². The molecule has 20 heavy (non-hydrogen) atoms. The summed E-state index contributed by atoms with van der Waals surface area (Å²) in [4.78, 5) is 25.2. The molecule has 7 nitrogen and oxygen atoms in total. The van der Waals surface area contributed by atoms with Crippen LogP contribution in [0.1, 0.15) is 15.9 Å². The maximum atomic E-state index is 11.0. The number of benzene rings is 1. The van der Waals surface area contributed by atoms with Crippen molar-refractivity contribution < 1.29 is 19.6 Å². The summed E-state index contributed by atoms with van der Waals surface area (Å²) in [6.07, 6.45) is 1.26. The fourth-order valence-electron chi connectivity index (χ4n) is 1.66. The Labute approximate surface area is 113 Å². The molecule has 2 aromatic rings. The third kappa shape index (κ3) is 2.72. The molecule has 0 saturated carbocycles. The molecule has 2 rings (SSSR count). The molecule has 1 aromatic carbocycles. The second-order valence-corrected chi connectivity index (χ2v) is 3.97. The van der Waals surface area contributed by atoms with Crippen LogP contribution in [-0.2, 0) is 0 Å². The SMILES string of the molecule is Cc1cccc(Oc2cc(C(=O)O)ccn2)c1[N+](=O)[O-]. The van der Waals surface area contributed by atoms with Crippen molar-refractivity contribution in [3.8, 4) is 11.6 Å². The molecule has 0 amide bonds. The Hall–Kier alpha value is -2.96. The van der Waals surface area contributed by atoms with Gasteiger partial charge in [-0.15, -0.1) is 0 Å². The molecular formula is C13H10N2O5. The summed E-state index contributed by atoms with van der Waals surface area (Å²) in [7, 11) is 0. The standard InChI is InChI=1S/C13H10N2O5/c1-8-3-2-4-10(12(8)15(18)19)20-11-7-9(13(16)17)5-6-14-11/h2-7H,1H3,(H,16,17). The Bertz CT molecular complexity index is 684. The molecule has 102 valence electrons. The van der Waals surface area contributed by atoms with Gasteiger partial charge >= 0.3 is 11.7 Å². The van der Waals surface area contributed by atoms with Crippen molar-refractivity contribution in [2.45, 2.75) is 6.92 Å². The summed E-state index contributed by atoms with van der Waals surface area (Å²) >= 11 is 0. The van der Waals surface area contributed by atoms with Gasteiger partial charge in [0.25, 0.3) is 0 Å². The predicted octanol–water partition coefficient (Wildman–Crippen LogP) is 2.79. The van der Waals surface area contributed by atoms with Crippen LogP contribution in [0.3, 0.4) is 0 Å². The topological polar surface area (TPSA) is 103 Å². The average molecular weight is 274 g/mol. The number of nitro benzene ring substituents is 1. The van der Waals surface area contributed by atoms with Crippen LogP contribution in [0.15, 0.2) is 36.5 Å². The van der Waals surface area contributed by atoms with Gasteiger partial charge in [-0.3, -0.25) is 10.1 Å². The van der Waals surface area contributed by atoms with Gasteiger partial charge in [0.1, 0.15) is 0 Å². The number of carboxylic acids is 1. The van der Waals surface area contributed by atoms with Crippen LogP contribution < -0.4 is 4.74 Å². The maximum Gasteiger partial charge on any atom is 0.335 e. The quantitative estimate of drug-likeness (QED) is 0.679. The predicted molar refractivity (Wildman–Crippen MR) is 69.1 cm³/mol. The molecule has 7 heteroatoms. The van der Waals surface area contributed by atoms with Crippen molar-refractivity contribution in [3.63, 3.8) is 0 Å². The largest absolute Gasteiger partial charge is 0.478 e. The van der Waals surface area contributed by atoms with E-state index in [0.29, 0.717) is 5.56 Å². The first-order chi connectivity index (χ1) is 9.49. The first kappa shape index (κ1) is 13.5. The van der Waals surface area contributed by atoms with Crippen LogP contribution in [0.25, 0.3) is 0 Å². The molecule has 0 atom stereocenters. The first-order valence-electron chi connectivity index (χ1n) is 5.60. The zero-order chi connectivity index (χ0) is 14.7. The number of ether oxygens (including phenoxy) is 1.